The van der Waals surface area contributed by atoms with Gasteiger partial charge >= 0.3 is 6.03 Å². The Morgan fingerprint density at radius 1 is 1.00 bits per heavy atom. The summed E-state index contributed by atoms with van der Waals surface area (Å²) in [6.45, 7) is 3.80. The standard InChI is InChI=1S/C25H23F2N5OS/c1-16-6-12-22(13-7-16)32-23(17(2)28-24(33)29-21-5-3-4-20(27)14-21)30-31-25(32)34-15-18-8-10-19(26)11-9-18/h3-14,17H,15H2,1-2H3,(H2,28,29,33). The molecular weight excluding hydrogens is 456 g/mol. The van der Waals surface area contributed by atoms with Gasteiger partial charge in [0.05, 0.1) is 6.04 Å². The van der Waals surface area contributed by atoms with E-state index in [4.69, 9.17) is 0 Å². The van der Waals surface area contributed by atoms with E-state index in [1.807, 2.05) is 35.8 Å². The average molecular weight is 480 g/mol. The highest BCUT2D eigenvalue weighted by Gasteiger charge is 2.21. The van der Waals surface area contributed by atoms with Crippen LogP contribution in [0.25, 0.3) is 5.69 Å². The van der Waals surface area contributed by atoms with Crippen LogP contribution in [0, 0.1) is 18.6 Å². The van der Waals surface area contributed by atoms with E-state index in [1.165, 1.54) is 42.1 Å². The van der Waals surface area contributed by atoms with Crippen LogP contribution in [-0.4, -0.2) is 20.8 Å². The lowest BCUT2D eigenvalue weighted by Crippen LogP contribution is -2.32. The van der Waals surface area contributed by atoms with E-state index in [9.17, 15) is 13.6 Å². The maximum atomic E-state index is 13.4. The number of thioether (sulfide) groups is 1. The normalized spacial score (nSPS) is 11.8. The number of nitrogens with zero attached hydrogens (tertiary/aromatic N) is 3. The first-order valence-electron chi connectivity index (χ1n) is 10.6. The zero-order chi connectivity index (χ0) is 24.1. The van der Waals surface area contributed by atoms with E-state index in [0.717, 1.165) is 16.8 Å². The fraction of sp³-hybridized carbons (Fsp3) is 0.160. The Hall–Kier alpha value is -3.72. The number of halogens is 2. The number of aromatic nitrogens is 3. The van der Waals surface area contributed by atoms with Crippen LogP contribution in [0.1, 0.15) is 29.9 Å². The molecule has 0 aliphatic carbocycles. The van der Waals surface area contributed by atoms with Gasteiger partial charge in [-0.05, 0) is 61.9 Å². The largest absolute Gasteiger partial charge is 0.328 e. The minimum absolute atomic E-state index is 0.282. The van der Waals surface area contributed by atoms with Crippen LogP contribution in [0.4, 0.5) is 19.3 Å². The highest BCUT2D eigenvalue weighted by molar-refractivity contribution is 7.98. The first-order chi connectivity index (χ1) is 16.4. The summed E-state index contributed by atoms with van der Waals surface area (Å²) in [5.41, 5.74) is 3.26. The van der Waals surface area contributed by atoms with Crippen molar-refractivity contribution in [2.24, 2.45) is 0 Å². The molecule has 0 saturated heterocycles. The van der Waals surface area contributed by atoms with Gasteiger partial charge in [0.1, 0.15) is 11.6 Å². The Morgan fingerprint density at radius 2 is 1.74 bits per heavy atom. The number of carbonyl (C=O) groups excluding carboxylic acids is 1. The molecule has 6 nitrogen and oxygen atoms in total. The number of benzene rings is 3. The summed E-state index contributed by atoms with van der Waals surface area (Å²) in [6.07, 6.45) is 0. The van der Waals surface area contributed by atoms with Crippen molar-refractivity contribution < 1.29 is 13.6 Å². The maximum Gasteiger partial charge on any atom is 0.319 e. The molecule has 0 bridgehead atoms. The first-order valence-corrected chi connectivity index (χ1v) is 11.6. The van der Waals surface area contributed by atoms with E-state index in [2.05, 4.69) is 20.8 Å². The van der Waals surface area contributed by atoms with Gasteiger partial charge in [0.15, 0.2) is 11.0 Å². The summed E-state index contributed by atoms with van der Waals surface area (Å²) in [7, 11) is 0. The molecule has 2 amide bonds. The summed E-state index contributed by atoms with van der Waals surface area (Å²) in [6, 6.07) is 18.9. The van der Waals surface area contributed by atoms with E-state index < -0.39 is 17.9 Å². The average Bonchev–Trinajstić information content (AvgIpc) is 3.23. The van der Waals surface area contributed by atoms with Crippen LogP contribution in [-0.2, 0) is 5.75 Å². The number of amides is 2. The zero-order valence-electron chi connectivity index (χ0n) is 18.6. The maximum absolute atomic E-state index is 13.4. The van der Waals surface area contributed by atoms with Crippen molar-refractivity contribution in [2.45, 2.75) is 30.8 Å². The van der Waals surface area contributed by atoms with Crippen LogP contribution in [0.5, 0.6) is 0 Å². The van der Waals surface area contributed by atoms with Gasteiger partial charge < -0.3 is 10.6 Å². The summed E-state index contributed by atoms with van der Waals surface area (Å²) < 4.78 is 28.5. The van der Waals surface area contributed by atoms with Crippen molar-refractivity contribution in [3.63, 3.8) is 0 Å². The van der Waals surface area contributed by atoms with E-state index >= 15 is 0 Å². The molecule has 34 heavy (non-hydrogen) atoms. The third kappa shape index (κ3) is 5.79. The lowest BCUT2D eigenvalue weighted by atomic mass is 10.2. The Labute approximate surface area is 200 Å². The molecule has 4 rings (SSSR count). The first kappa shape index (κ1) is 23.4. The smallest absolute Gasteiger partial charge is 0.319 e. The van der Waals surface area contributed by atoms with Crippen LogP contribution in [0.3, 0.4) is 0 Å². The highest BCUT2D eigenvalue weighted by Crippen LogP contribution is 2.28. The molecule has 0 saturated carbocycles. The van der Waals surface area contributed by atoms with Gasteiger partial charge in [-0.3, -0.25) is 4.57 Å². The molecule has 0 aliphatic heterocycles. The SMILES string of the molecule is Cc1ccc(-n2c(SCc3ccc(F)cc3)nnc2C(C)NC(=O)Nc2cccc(F)c2)cc1. The Bertz CT molecular complexity index is 1280. The number of rotatable bonds is 7. The van der Waals surface area contributed by atoms with Crippen LogP contribution < -0.4 is 10.6 Å². The van der Waals surface area contributed by atoms with Crippen molar-refractivity contribution in [2.75, 3.05) is 5.32 Å². The summed E-state index contributed by atoms with van der Waals surface area (Å²) in [5, 5.41) is 14.8. The lowest BCUT2D eigenvalue weighted by Gasteiger charge is -2.17. The van der Waals surface area contributed by atoms with Gasteiger partial charge in [-0.1, -0.05) is 47.7 Å². The third-order valence-electron chi connectivity index (χ3n) is 5.05. The molecule has 0 aliphatic rings. The van der Waals surface area contributed by atoms with Gasteiger partial charge in [-0.2, -0.15) is 0 Å². The fourth-order valence-corrected chi connectivity index (χ4v) is 4.23. The zero-order valence-corrected chi connectivity index (χ0v) is 19.4. The van der Waals surface area contributed by atoms with E-state index in [0.29, 0.717) is 22.4 Å². The molecule has 1 heterocycles. The molecule has 0 radical (unpaired) electrons. The van der Waals surface area contributed by atoms with Gasteiger partial charge in [0.2, 0.25) is 0 Å². The number of nitrogens with one attached hydrogen (secondary N) is 2. The van der Waals surface area contributed by atoms with Gasteiger partial charge in [-0.25, -0.2) is 13.6 Å². The molecule has 0 fully saturated rings. The molecule has 174 valence electrons. The minimum atomic E-state index is -0.498. The number of anilines is 1. The molecule has 0 spiro atoms. The summed E-state index contributed by atoms with van der Waals surface area (Å²) in [4.78, 5) is 12.5. The number of hydrogen-bond acceptors (Lipinski definition) is 4. The molecule has 1 unspecified atom stereocenters. The van der Waals surface area contributed by atoms with Crippen molar-refractivity contribution in [1.82, 2.24) is 20.1 Å². The molecule has 1 atom stereocenters. The molecule has 3 aromatic carbocycles. The molecular formula is C25H23F2N5OS. The Balaban J connectivity index is 1.56. The van der Waals surface area contributed by atoms with Crippen LogP contribution in [0.15, 0.2) is 78.0 Å². The number of aryl methyl sites for hydroxylation is 1. The molecule has 1 aromatic heterocycles. The predicted octanol–water partition coefficient (Wildman–Crippen LogP) is 6.03. The number of carbonyl (C=O) groups is 1. The molecule has 2 N–H and O–H groups in total. The summed E-state index contributed by atoms with van der Waals surface area (Å²) >= 11 is 1.46. The predicted molar refractivity (Wildman–Crippen MR) is 129 cm³/mol. The Kier molecular flexibility index (Phi) is 7.22. The lowest BCUT2D eigenvalue weighted by molar-refractivity contribution is 0.249. The van der Waals surface area contributed by atoms with Gasteiger partial charge in [-0.15, -0.1) is 10.2 Å². The second-order valence-corrected chi connectivity index (χ2v) is 8.70. The van der Waals surface area contributed by atoms with Crippen LogP contribution >= 0.6 is 11.8 Å². The second kappa shape index (κ2) is 10.5. The fourth-order valence-electron chi connectivity index (χ4n) is 3.31. The topological polar surface area (TPSA) is 71.8 Å². The number of hydrogen-bond donors (Lipinski definition) is 2. The van der Waals surface area contributed by atoms with E-state index in [1.54, 1.807) is 25.1 Å². The summed E-state index contributed by atoms with van der Waals surface area (Å²) in [5.74, 6) is 0.398. The van der Waals surface area contributed by atoms with Crippen molar-refractivity contribution in [1.29, 1.82) is 0 Å². The van der Waals surface area contributed by atoms with Crippen LogP contribution in [0.2, 0.25) is 0 Å². The van der Waals surface area contributed by atoms with Crippen molar-refractivity contribution >= 4 is 23.5 Å². The van der Waals surface area contributed by atoms with Crippen molar-refractivity contribution in [3.05, 3.63) is 101 Å². The van der Waals surface area contributed by atoms with Crippen molar-refractivity contribution in [3.8, 4) is 5.69 Å². The Morgan fingerprint density at radius 3 is 2.44 bits per heavy atom. The second-order valence-electron chi connectivity index (χ2n) is 7.76. The van der Waals surface area contributed by atoms with Gasteiger partial charge in [0, 0.05) is 17.1 Å². The monoisotopic (exact) mass is 479 g/mol. The minimum Gasteiger partial charge on any atom is -0.328 e. The quantitative estimate of drug-likeness (QED) is 0.318. The third-order valence-corrected chi connectivity index (χ3v) is 6.05. The molecule has 9 heteroatoms. The highest BCUT2D eigenvalue weighted by atomic mass is 32.2. The van der Waals surface area contributed by atoms with Gasteiger partial charge in [0.25, 0.3) is 0 Å². The molecule has 4 aromatic rings. The van der Waals surface area contributed by atoms with E-state index in [-0.39, 0.29) is 5.82 Å². The number of urea groups is 1.